The predicted molar refractivity (Wildman–Crippen MR) is 97.2 cm³/mol. The highest BCUT2D eigenvalue weighted by molar-refractivity contribution is 6.48. The number of benzene rings is 1. The van der Waals surface area contributed by atoms with E-state index in [1.807, 2.05) is 0 Å². The van der Waals surface area contributed by atoms with Gasteiger partial charge in [0.1, 0.15) is 17.6 Å². The fourth-order valence-electron chi connectivity index (χ4n) is 2.51. The lowest BCUT2D eigenvalue weighted by molar-refractivity contribution is -0.116. The number of nitriles is 1. The van der Waals surface area contributed by atoms with Crippen LogP contribution in [0, 0.1) is 24.1 Å². The van der Waals surface area contributed by atoms with Crippen molar-refractivity contribution in [2.45, 2.75) is 13.8 Å². The summed E-state index contributed by atoms with van der Waals surface area (Å²) in [6.07, 6.45) is 0. The second-order valence-corrected chi connectivity index (χ2v) is 6.01. The molecule has 2 amide bonds. The summed E-state index contributed by atoms with van der Waals surface area (Å²) < 4.78 is 14.8. The van der Waals surface area contributed by atoms with Crippen molar-refractivity contribution >= 4 is 34.9 Å². The molecule has 0 fully saturated rings. The Balaban J connectivity index is 2.40. The Morgan fingerprint density at radius 2 is 2.00 bits per heavy atom. The van der Waals surface area contributed by atoms with Crippen LogP contribution < -0.4 is 10.6 Å². The number of carbonyl (C=O) groups excluding carboxylic acids is 3. The van der Waals surface area contributed by atoms with E-state index in [0.717, 1.165) is 6.07 Å². The van der Waals surface area contributed by atoms with Crippen molar-refractivity contribution in [1.29, 1.82) is 5.26 Å². The molecule has 0 unspecified atom stereocenters. The Morgan fingerprint density at radius 1 is 1.33 bits per heavy atom. The molecule has 140 valence electrons. The van der Waals surface area contributed by atoms with Gasteiger partial charge in [-0.25, -0.2) is 4.39 Å². The number of ketones is 1. The maximum Gasteiger partial charge on any atom is 0.292 e. The lowest BCUT2D eigenvalue weighted by atomic mass is 10.1. The van der Waals surface area contributed by atoms with Gasteiger partial charge in [-0.2, -0.15) is 5.26 Å². The molecule has 7 nitrogen and oxygen atoms in total. The Labute approximate surface area is 159 Å². The number of Topliss-reactive ketones (excluding diaryl/α,β-unsaturated/α-hetero) is 1. The van der Waals surface area contributed by atoms with Crippen LogP contribution in [-0.2, 0) is 11.8 Å². The third-order valence-electron chi connectivity index (χ3n) is 3.96. The van der Waals surface area contributed by atoms with Crippen molar-refractivity contribution < 1.29 is 18.8 Å². The number of anilines is 1. The molecule has 1 heterocycles. The fourth-order valence-corrected chi connectivity index (χ4v) is 2.94. The van der Waals surface area contributed by atoms with Gasteiger partial charge < -0.3 is 15.2 Å². The molecule has 0 atom stereocenters. The van der Waals surface area contributed by atoms with Gasteiger partial charge in [0, 0.05) is 25.0 Å². The SMILES string of the molecule is CCNC(=O)C(=O)c1c(Cl)c(C(=O)Nc2ccc(F)c(C#N)c2)n(C)c1C. The van der Waals surface area contributed by atoms with Crippen molar-refractivity contribution in [3.8, 4) is 6.07 Å². The molecule has 27 heavy (non-hydrogen) atoms. The van der Waals surface area contributed by atoms with Crippen LogP contribution in [0.1, 0.15) is 39.0 Å². The third kappa shape index (κ3) is 3.83. The van der Waals surface area contributed by atoms with E-state index in [0.29, 0.717) is 5.69 Å². The van der Waals surface area contributed by atoms with Crippen molar-refractivity contribution in [2.24, 2.45) is 7.05 Å². The van der Waals surface area contributed by atoms with Gasteiger partial charge in [-0.3, -0.25) is 14.4 Å². The summed E-state index contributed by atoms with van der Waals surface area (Å²) in [7, 11) is 1.52. The van der Waals surface area contributed by atoms with E-state index in [1.54, 1.807) is 19.9 Å². The molecule has 0 spiro atoms. The zero-order chi connectivity index (χ0) is 20.3. The highest BCUT2D eigenvalue weighted by atomic mass is 35.5. The molecule has 0 aliphatic rings. The Hall–Kier alpha value is -3.18. The topological polar surface area (TPSA) is 104 Å². The number of likely N-dealkylation sites (N-methyl/N-ethyl adjacent to an activating group) is 1. The molecular formula is C18H16ClFN4O3. The molecule has 0 aliphatic heterocycles. The van der Waals surface area contributed by atoms with Gasteiger partial charge in [0.2, 0.25) is 0 Å². The number of nitrogens with zero attached hydrogens (tertiary/aromatic N) is 2. The van der Waals surface area contributed by atoms with Crippen molar-refractivity contribution in [3.05, 3.63) is 51.6 Å². The second kappa shape index (κ2) is 8.01. The van der Waals surface area contributed by atoms with E-state index in [9.17, 15) is 18.8 Å². The Kier molecular flexibility index (Phi) is 5.98. The minimum Gasteiger partial charge on any atom is -0.349 e. The molecule has 0 radical (unpaired) electrons. The summed E-state index contributed by atoms with van der Waals surface area (Å²) in [5.74, 6) is -3.05. The van der Waals surface area contributed by atoms with E-state index in [2.05, 4.69) is 10.6 Å². The summed E-state index contributed by atoms with van der Waals surface area (Å²) in [5.41, 5.74) is 0.202. The van der Waals surface area contributed by atoms with Crippen LogP contribution in [-0.4, -0.2) is 28.7 Å². The molecule has 0 saturated heterocycles. The minimum atomic E-state index is -0.845. The number of hydrogen-bond donors (Lipinski definition) is 2. The lowest BCUT2D eigenvalue weighted by Crippen LogP contribution is -2.31. The molecule has 2 aromatic rings. The maximum absolute atomic E-state index is 13.4. The second-order valence-electron chi connectivity index (χ2n) is 5.63. The van der Waals surface area contributed by atoms with Gasteiger partial charge in [0.05, 0.1) is 16.1 Å². The minimum absolute atomic E-state index is 0.0374. The van der Waals surface area contributed by atoms with Crippen LogP contribution in [0.15, 0.2) is 18.2 Å². The summed E-state index contributed by atoms with van der Waals surface area (Å²) >= 11 is 6.22. The van der Waals surface area contributed by atoms with Gasteiger partial charge in [-0.05, 0) is 32.0 Å². The highest BCUT2D eigenvalue weighted by Crippen LogP contribution is 2.28. The average molecular weight is 391 g/mol. The number of carbonyl (C=O) groups is 3. The molecule has 1 aromatic heterocycles. The first kappa shape index (κ1) is 20.1. The van der Waals surface area contributed by atoms with Crippen LogP contribution in [0.4, 0.5) is 10.1 Å². The summed E-state index contributed by atoms with van der Waals surface area (Å²) in [6, 6.07) is 5.20. The van der Waals surface area contributed by atoms with Crippen LogP contribution in [0.25, 0.3) is 0 Å². The van der Waals surface area contributed by atoms with Crippen LogP contribution >= 0.6 is 11.6 Å². The quantitative estimate of drug-likeness (QED) is 0.604. The van der Waals surface area contributed by atoms with Crippen molar-refractivity contribution in [1.82, 2.24) is 9.88 Å². The Morgan fingerprint density at radius 3 is 2.59 bits per heavy atom. The van der Waals surface area contributed by atoms with E-state index in [-0.39, 0.29) is 34.1 Å². The number of aromatic nitrogens is 1. The van der Waals surface area contributed by atoms with Crippen LogP contribution in [0.2, 0.25) is 5.02 Å². The first-order valence-corrected chi connectivity index (χ1v) is 8.29. The van der Waals surface area contributed by atoms with Gasteiger partial charge in [0.15, 0.2) is 0 Å². The molecule has 1 aromatic carbocycles. The summed E-state index contributed by atoms with van der Waals surface area (Å²) in [6.45, 7) is 3.50. The average Bonchev–Trinajstić information content (AvgIpc) is 2.85. The normalized spacial score (nSPS) is 10.2. The Bertz CT molecular complexity index is 991. The molecule has 2 N–H and O–H groups in total. The van der Waals surface area contributed by atoms with E-state index >= 15 is 0 Å². The molecular weight excluding hydrogens is 375 g/mol. The monoisotopic (exact) mass is 390 g/mol. The highest BCUT2D eigenvalue weighted by Gasteiger charge is 2.29. The van der Waals surface area contributed by atoms with E-state index in [4.69, 9.17) is 16.9 Å². The molecule has 2 rings (SSSR count). The van der Waals surface area contributed by atoms with Crippen LogP contribution in [0.5, 0.6) is 0 Å². The van der Waals surface area contributed by atoms with E-state index < -0.39 is 23.4 Å². The van der Waals surface area contributed by atoms with Gasteiger partial charge >= 0.3 is 0 Å². The standard InChI is InChI=1S/C18H16ClFN4O3/c1-4-22-18(27)16(25)13-9(2)24(3)15(14(13)19)17(26)23-11-5-6-12(20)10(7-11)8-21/h5-7H,4H2,1-3H3,(H,22,27)(H,23,26). The lowest BCUT2D eigenvalue weighted by Gasteiger charge is -2.08. The number of halogens is 2. The smallest absolute Gasteiger partial charge is 0.292 e. The van der Waals surface area contributed by atoms with Gasteiger partial charge in [0.25, 0.3) is 17.6 Å². The third-order valence-corrected chi connectivity index (χ3v) is 4.33. The summed E-state index contributed by atoms with van der Waals surface area (Å²) in [4.78, 5) is 36.8. The predicted octanol–water partition coefficient (Wildman–Crippen LogP) is 2.57. The largest absolute Gasteiger partial charge is 0.349 e. The maximum atomic E-state index is 13.4. The van der Waals surface area contributed by atoms with Crippen molar-refractivity contribution in [2.75, 3.05) is 11.9 Å². The summed E-state index contributed by atoms with van der Waals surface area (Å²) in [5, 5.41) is 13.6. The first-order valence-electron chi connectivity index (χ1n) is 7.91. The molecule has 0 saturated carbocycles. The van der Waals surface area contributed by atoms with Gasteiger partial charge in [-0.15, -0.1) is 0 Å². The zero-order valence-corrected chi connectivity index (χ0v) is 15.6. The fraction of sp³-hybridized carbons (Fsp3) is 0.222. The number of rotatable bonds is 5. The number of hydrogen-bond acceptors (Lipinski definition) is 4. The molecule has 0 bridgehead atoms. The number of nitrogens with one attached hydrogen (secondary N) is 2. The zero-order valence-electron chi connectivity index (χ0n) is 14.8. The van der Waals surface area contributed by atoms with Crippen molar-refractivity contribution in [3.63, 3.8) is 0 Å². The first-order chi connectivity index (χ1) is 12.7. The van der Waals surface area contributed by atoms with Gasteiger partial charge in [-0.1, -0.05) is 11.6 Å². The van der Waals surface area contributed by atoms with E-state index in [1.165, 1.54) is 23.7 Å². The number of amides is 2. The molecule has 0 aliphatic carbocycles. The molecule has 9 heteroatoms. The van der Waals surface area contributed by atoms with Crippen LogP contribution in [0.3, 0.4) is 0 Å².